The van der Waals surface area contributed by atoms with Gasteiger partial charge >= 0.3 is 0 Å². The van der Waals surface area contributed by atoms with Crippen molar-refractivity contribution in [1.82, 2.24) is 4.31 Å². The molecule has 0 radical (unpaired) electrons. The van der Waals surface area contributed by atoms with Gasteiger partial charge in [-0.15, -0.1) is 0 Å². The smallest absolute Gasteiger partial charge is 0.244 e. The minimum absolute atomic E-state index is 0.0471. The number of nitrogens with zero attached hydrogens (tertiary/aromatic N) is 1. The first-order chi connectivity index (χ1) is 9.32. The summed E-state index contributed by atoms with van der Waals surface area (Å²) in [5, 5.41) is 3.75. The third kappa shape index (κ3) is 3.03. The summed E-state index contributed by atoms with van der Waals surface area (Å²) in [6.07, 6.45) is 0. The maximum Gasteiger partial charge on any atom is 0.244 e. The van der Waals surface area contributed by atoms with Gasteiger partial charge in [-0.3, -0.25) is 0 Å². The molecule has 2 aromatic rings. The van der Waals surface area contributed by atoms with E-state index in [4.69, 9.17) is 5.73 Å². The number of rotatable bonds is 4. The first kappa shape index (κ1) is 15.4. The molecule has 0 bridgehead atoms. The Balaban J connectivity index is 2.37. The first-order valence-electron chi connectivity index (χ1n) is 5.54. The summed E-state index contributed by atoms with van der Waals surface area (Å²) in [5.74, 6) is -0.656. The number of benzene rings is 1. The van der Waals surface area contributed by atoms with Crippen molar-refractivity contribution in [2.24, 2.45) is 0 Å². The molecule has 0 aliphatic heterocycles. The molecule has 0 spiro atoms. The molecule has 2 rings (SSSR count). The highest BCUT2D eigenvalue weighted by molar-refractivity contribution is 9.10. The molecule has 108 valence electrons. The van der Waals surface area contributed by atoms with E-state index in [9.17, 15) is 12.8 Å². The van der Waals surface area contributed by atoms with Crippen LogP contribution in [-0.4, -0.2) is 19.8 Å². The van der Waals surface area contributed by atoms with E-state index >= 15 is 0 Å². The van der Waals surface area contributed by atoms with Crippen molar-refractivity contribution in [3.05, 3.63) is 44.8 Å². The Kier molecular flexibility index (Phi) is 4.48. The molecule has 1 aromatic carbocycles. The molecular formula is C12H12BrFN2O2S2. The quantitative estimate of drug-likeness (QED) is 0.831. The molecule has 0 saturated heterocycles. The standard InChI is InChI=1S/C12H12BrFN2O2S2/c1-16(6-8-2-3-19-7-8)20(17,18)12-5-11(15)10(14)4-9(12)13/h2-5,7H,6,15H2,1H3. The van der Waals surface area contributed by atoms with Crippen molar-refractivity contribution in [1.29, 1.82) is 0 Å². The molecule has 0 amide bonds. The fourth-order valence-corrected chi connectivity index (χ4v) is 4.46. The molecule has 20 heavy (non-hydrogen) atoms. The number of hydrogen-bond donors (Lipinski definition) is 1. The molecule has 0 aliphatic rings. The fraction of sp³-hybridized carbons (Fsp3) is 0.167. The second-order valence-corrected chi connectivity index (χ2v) is 7.84. The van der Waals surface area contributed by atoms with Gasteiger partial charge in [0.1, 0.15) is 5.82 Å². The van der Waals surface area contributed by atoms with Crippen molar-refractivity contribution in [3.63, 3.8) is 0 Å². The highest BCUT2D eigenvalue weighted by Gasteiger charge is 2.25. The van der Waals surface area contributed by atoms with Crippen LogP contribution < -0.4 is 5.73 Å². The number of nitrogen functional groups attached to an aromatic ring is 1. The predicted molar refractivity (Wildman–Crippen MR) is 81.5 cm³/mol. The largest absolute Gasteiger partial charge is 0.396 e. The van der Waals surface area contributed by atoms with Crippen LogP contribution in [-0.2, 0) is 16.6 Å². The number of halogens is 2. The van der Waals surface area contributed by atoms with Gasteiger partial charge in [0.05, 0.1) is 10.6 Å². The lowest BCUT2D eigenvalue weighted by Gasteiger charge is -2.18. The molecule has 4 nitrogen and oxygen atoms in total. The van der Waals surface area contributed by atoms with Crippen LogP contribution in [0.15, 0.2) is 38.3 Å². The molecule has 0 aliphatic carbocycles. The van der Waals surface area contributed by atoms with Crippen LogP contribution in [0.2, 0.25) is 0 Å². The van der Waals surface area contributed by atoms with E-state index in [0.29, 0.717) is 0 Å². The maximum atomic E-state index is 13.3. The van der Waals surface area contributed by atoms with Crippen LogP contribution >= 0.6 is 27.3 Å². The topological polar surface area (TPSA) is 63.4 Å². The van der Waals surface area contributed by atoms with Crippen LogP contribution in [0.1, 0.15) is 5.56 Å². The van der Waals surface area contributed by atoms with Crippen LogP contribution in [0.3, 0.4) is 0 Å². The van der Waals surface area contributed by atoms with Crippen molar-refractivity contribution in [3.8, 4) is 0 Å². The second-order valence-electron chi connectivity index (χ2n) is 4.20. The Morgan fingerprint density at radius 3 is 2.75 bits per heavy atom. The van der Waals surface area contributed by atoms with Crippen molar-refractivity contribution >= 4 is 43.0 Å². The van der Waals surface area contributed by atoms with Gasteiger partial charge in [0.25, 0.3) is 0 Å². The van der Waals surface area contributed by atoms with Gasteiger partial charge in [-0.05, 0) is 50.5 Å². The van der Waals surface area contributed by atoms with Gasteiger partial charge in [-0.1, -0.05) is 0 Å². The number of anilines is 1. The first-order valence-corrected chi connectivity index (χ1v) is 8.72. The van der Waals surface area contributed by atoms with E-state index in [1.807, 2.05) is 16.8 Å². The zero-order valence-corrected chi connectivity index (χ0v) is 13.7. The summed E-state index contributed by atoms with van der Waals surface area (Å²) in [5.41, 5.74) is 6.14. The molecule has 0 unspecified atom stereocenters. The lowest BCUT2D eigenvalue weighted by molar-refractivity contribution is 0.466. The molecule has 0 saturated carbocycles. The molecule has 1 aromatic heterocycles. The minimum Gasteiger partial charge on any atom is -0.396 e. The number of nitrogens with two attached hydrogens (primary N) is 1. The third-order valence-electron chi connectivity index (χ3n) is 2.72. The lowest BCUT2D eigenvalue weighted by Crippen LogP contribution is -2.26. The number of sulfonamides is 1. The minimum atomic E-state index is -3.74. The van der Waals surface area contributed by atoms with Crippen LogP contribution in [0.5, 0.6) is 0 Å². The van der Waals surface area contributed by atoms with Crippen molar-refractivity contribution < 1.29 is 12.8 Å². The Labute approximate surface area is 129 Å². The lowest BCUT2D eigenvalue weighted by atomic mass is 10.3. The van der Waals surface area contributed by atoms with Gasteiger partial charge in [0, 0.05) is 18.1 Å². The average molecular weight is 379 g/mol. The van der Waals surface area contributed by atoms with Gasteiger partial charge < -0.3 is 5.73 Å². The van der Waals surface area contributed by atoms with Gasteiger partial charge in [0.2, 0.25) is 10.0 Å². The summed E-state index contributed by atoms with van der Waals surface area (Å²) in [6.45, 7) is 0.246. The SMILES string of the molecule is CN(Cc1ccsc1)S(=O)(=O)c1cc(N)c(F)cc1Br. The summed E-state index contributed by atoms with van der Waals surface area (Å²) >= 11 is 4.56. The van der Waals surface area contributed by atoms with Gasteiger partial charge in [0.15, 0.2) is 0 Å². The maximum absolute atomic E-state index is 13.3. The zero-order chi connectivity index (χ0) is 14.9. The number of thiophene rings is 1. The van der Waals surface area contributed by atoms with Crippen molar-refractivity contribution in [2.75, 3.05) is 12.8 Å². The van der Waals surface area contributed by atoms with Crippen LogP contribution in [0, 0.1) is 5.82 Å². The van der Waals surface area contributed by atoms with Crippen LogP contribution in [0.4, 0.5) is 10.1 Å². The Morgan fingerprint density at radius 2 is 2.15 bits per heavy atom. The molecular weight excluding hydrogens is 367 g/mol. The van der Waals surface area contributed by atoms with E-state index in [-0.39, 0.29) is 21.6 Å². The van der Waals surface area contributed by atoms with Gasteiger partial charge in [-0.25, -0.2) is 12.8 Å². The van der Waals surface area contributed by atoms with Crippen molar-refractivity contribution in [2.45, 2.75) is 11.4 Å². The normalized spacial score (nSPS) is 12.0. The predicted octanol–water partition coefficient (Wildman–Crippen LogP) is 3.05. The summed E-state index contributed by atoms with van der Waals surface area (Å²) in [7, 11) is -2.27. The van der Waals surface area contributed by atoms with E-state index in [1.54, 1.807) is 0 Å². The Hall–Kier alpha value is -0.960. The second kappa shape index (κ2) is 5.80. The summed E-state index contributed by atoms with van der Waals surface area (Å²) < 4.78 is 39.6. The Bertz CT molecular complexity index is 717. The zero-order valence-electron chi connectivity index (χ0n) is 10.5. The monoisotopic (exact) mass is 378 g/mol. The molecule has 8 heteroatoms. The Morgan fingerprint density at radius 1 is 1.45 bits per heavy atom. The van der Waals surface area contributed by atoms with E-state index in [0.717, 1.165) is 17.7 Å². The van der Waals surface area contributed by atoms with E-state index in [2.05, 4.69) is 15.9 Å². The average Bonchev–Trinajstić information content (AvgIpc) is 2.86. The molecule has 0 fully saturated rings. The van der Waals surface area contributed by atoms with Gasteiger partial charge in [-0.2, -0.15) is 15.6 Å². The highest BCUT2D eigenvalue weighted by Crippen LogP contribution is 2.29. The van der Waals surface area contributed by atoms with E-state index in [1.165, 1.54) is 22.7 Å². The number of hydrogen-bond acceptors (Lipinski definition) is 4. The van der Waals surface area contributed by atoms with Crippen LogP contribution in [0.25, 0.3) is 0 Å². The molecule has 0 atom stereocenters. The summed E-state index contributed by atoms with van der Waals surface area (Å²) in [4.78, 5) is -0.0471. The third-order valence-corrected chi connectivity index (χ3v) is 6.22. The molecule has 2 N–H and O–H groups in total. The van der Waals surface area contributed by atoms with E-state index < -0.39 is 15.8 Å². The highest BCUT2D eigenvalue weighted by atomic mass is 79.9. The fourth-order valence-electron chi connectivity index (χ4n) is 1.64. The summed E-state index contributed by atoms with van der Waals surface area (Å²) in [6, 6.07) is 4.03. The molecule has 1 heterocycles.